The Morgan fingerprint density at radius 1 is 1.30 bits per heavy atom. The summed E-state index contributed by atoms with van der Waals surface area (Å²) in [5, 5.41) is 11.8. The zero-order chi connectivity index (χ0) is 19.0. The van der Waals surface area contributed by atoms with Gasteiger partial charge in [-0.3, -0.25) is 9.36 Å². The zero-order valence-electron chi connectivity index (χ0n) is 16.1. The largest absolute Gasteiger partial charge is 0.378 e. The topological polar surface area (TPSA) is 76.4 Å². The number of carbonyl (C=O) groups is 1. The highest BCUT2D eigenvalue weighted by Crippen LogP contribution is 2.34. The Hall–Kier alpha value is -2.00. The Balaban J connectivity index is 1.69. The summed E-state index contributed by atoms with van der Waals surface area (Å²) in [5.74, 6) is 2.11. The molecule has 4 rings (SSSR count). The lowest BCUT2D eigenvalue weighted by Gasteiger charge is -2.33. The number of thiazole rings is 1. The average Bonchev–Trinajstić information content (AvgIpc) is 3.31. The van der Waals surface area contributed by atoms with E-state index in [9.17, 15) is 4.79 Å². The number of nitrogens with zero attached hydrogens (tertiary/aromatic N) is 6. The summed E-state index contributed by atoms with van der Waals surface area (Å²) in [6, 6.07) is -0.257. The third kappa shape index (κ3) is 3.45. The van der Waals surface area contributed by atoms with Gasteiger partial charge in [0.05, 0.1) is 19.8 Å². The monoisotopic (exact) mass is 390 g/mol. The second-order valence-corrected chi connectivity index (χ2v) is 8.26. The van der Waals surface area contributed by atoms with Crippen LogP contribution < -0.4 is 4.90 Å². The van der Waals surface area contributed by atoms with Crippen LogP contribution in [0, 0.1) is 5.92 Å². The molecule has 2 aromatic heterocycles. The quantitative estimate of drug-likeness (QED) is 0.779. The summed E-state index contributed by atoms with van der Waals surface area (Å²) in [6.07, 6.45) is 0.772. The summed E-state index contributed by atoms with van der Waals surface area (Å²) in [4.78, 5) is 21.9. The molecule has 146 valence electrons. The molecule has 1 amide bonds. The minimum atomic E-state index is -0.257. The number of anilines is 1. The summed E-state index contributed by atoms with van der Waals surface area (Å²) >= 11 is 1.61. The lowest BCUT2D eigenvalue weighted by molar-refractivity contribution is -0.137. The van der Waals surface area contributed by atoms with Gasteiger partial charge in [0.1, 0.15) is 11.7 Å². The number of carbonyl (C=O) groups excluding carboxylic acids is 1. The van der Waals surface area contributed by atoms with Crippen molar-refractivity contribution in [2.45, 2.75) is 39.8 Å². The van der Waals surface area contributed by atoms with Gasteiger partial charge in [0.25, 0.3) is 0 Å². The van der Waals surface area contributed by atoms with Gasteiger partial charge in [0.15, 0.2) is 16.8 Å². The maximum absolute atomic E-state index is 13.0. The average molecular weight is 391 g/mol. The van der Waals surface area contributed by atoms with Gasteiger partial charge in [-0.1, -0.05) is 13.8 Å². The Morgan fingerprint density at radius 3 is 2.78 bits per heavy atom. The Morgan fingerprint density at radius 2 is 2.07 bits per heavy atom. The van der Waals surface area contributed by atoms with Crippen molar-refractivity contribution in [3.8, 4) is 11.5 Å². The van der Waals surface area contributed by atoms with E-state index in [0.717, 1.165) is 49.4 Å². The number of hydrogen-bond donors (Lipinski definition) is 0. The van der Waals surface area contributed by atoms with E-state index in [1.54, 1.807) is 11.3 Å². The fraction of sp³-hybridized carbons (Fsp3) is 0.667. The molecule has 0 N–H and O–H groups in total. The highest BCUT2D eigenvalue weighted by Gasteiger charge is 2.36. The van der Waals surface area contributed by atoms with E-state index < -0.39 is 0 Å². The molecule has 1 fully saturated rings. The van der Waals surface area contributed by atoms with Crippen LogP contribution in [0.2, 0.25) is 0 Å². The fourth-order valence-electron chi connectivity index (χ4n) is 3.69. The molecule has 0 unspecified atom stereocenters. The standard InChI is InChI=1S/C18H26N6O2S/c1-4-22-10-15-20-21-16(24(15)14(17(22)25)9-12(2)3)13-11-27-18(19-13)23-5-7-26-8-6-23/h11-12,14H,4-10H2,1-3H3/t14-/m0/s1. The van der Waals surface area contributed by atoms with E-state index in [2.05, 4.69) is 28.9 Å². The smallest absolute Gasteiger partial charge is 0.246 e. The lowest BCUT2D eigenvalue weighted by Crippen LogP contribution is -2.43. The van der Waals surface area contributed by atoms with Gasteiger partial charge in [0.2, 0.25) is 5.91 Å². The van der Waals surface area contributed by atoms with Gasteiger partial charge < -0.3 is 14.5 Å². The molecule has 0 saturated carbocycles. The van der Waals surface area contributed by atoms with Crippen molar-refractivity contribution in [3.63, 3.8) is 0 Å². The maximum Gasteiger partial charge on any atom is 0.246 e. The molecule has 4 heterocycles. The van der Waals surface area contributed by atoms with E-state index in [4.69, 9.17) is 9.72 Å². The van der Waals surface area contributed by atoms with E-state index in [-0.39, 0.29) is 11.9 Å². The number of morpholine rings is 1. The third-order valence-electron chi connectivity index (χ3n) is 5.09. The first-order valence-corrected chi connectivity index (χ1v) is 10.5. The second kappa shape index (κ2) is 7.55. The van der Waals surface area contributed by atoms with Crippen LogP contribution in [0.25, 0.3) is 11.5 Å². The Bertz CT molecular complexity index is 811. The molecular formula is C18H26N6O2S. The van der Waals surface area contributed by atoms with Crippen molar-refractivity contribution < 1.29 is 9.53 Å². The van der Waals surface area contributed by atoms with Crippen LogP contribution in [0.15, 0.2) is 5.38 Å². The first-order valence-electron chi connectivity index (χ1n) is 9.59. The van der Waals surface area contributed by atoms with Gasteiger partial charge in [-0.05, 0) is 19.3 Å². The normalized spacial score (nSPS) is 20.4. The van der Waals surface area contributed by atoms with E-state index in [0.29, 0.717) is 24.8 Å². The van der Waals surface area contributed by atoms with Crippen molar-refractivity contribution in [3.05, 3.63) is 11.2 Å². The van der Waals surface area contributed by atoms with Crippen LogP contribution in [0.5, 0.6) is 0 Å². The number of rotatable bonds is 5. The van der Waals surface area contributed by atoms with Crippen molar-refractivity contribution in [1.29, 1.82) is 0 Å². The molecule has 1 atom stereocenters. The van der Waals surface area contributed by atoms with Gasteiger partial charge in [-0.25, -0.2) is 4.98 Å². The number of fused-ring (bicyclic) bond motifs is 1. The molecule has 1 saturated heterocycles. The Labute approximate surface area is 163 Å². The molecule has 0 radical (unpaired) electrons. The molecule has 0 bridgehead atoms. The van der Waals surface area contributed by atoms with Crippen LogP contribution in [0.1, 0.15) is 39.1 Å². The highest BCUT2D eigenvalue weighted by molar-refractivity contribution is 7.14. The molecule has 27 heavy (non-hydrogen) atoms. The van der Waals surface area contributed by atoms with E-state index >= 15 is 0 Å². The number of hydrogen-bond acceptors (Lipinski definition) is 7. The fourth-order valence-corrected chi connectivity index (χ4v) is 4.55. The zero-order valence-corrected chi connectivity index (χ0v) is 16.9. The molecule has 0 spiro atoms. The molecule has 0 aromatic carbocycles. The minimum Gasteiger partial charge on any atom is -0.378 e. The highest BCUT2D eigenvalue weighted by atomic mass is 32.1. The maximum atomic E-state index is 13.0. The third-order valence-corrected chi connectivity index (χ3v) is 5.99. The van der Waals surface area contributed by atoms with Crippen LogP contribution in [-0.2, 0) is 16.1 Å². The van der Waals surface area contributed by atoms with Crippen LogP contribution >= 0.6 is 11.3 Å². The number of amides is 1. The van der Waals surface area contributed by atoms with Crippen LogP contribution in [-0.4, -0.2) is 63.4 Å². The lowest BCUT2D eigenvalue weighted by atomic mass is 10.0. The van der Waals surface area contributed by atoms with Crippen molar-refractivity contribution >= 4 is 22.4 Å². The first-order chi connectivity index (χ1) is 13.1. The molecule has 2 aliphatic rings. The SMILES string of the molecule is CCN1Cc2nnc(-c3csc(N4CCOCC4)n3)n2[C@@H](CC(C)C)C1=O. The first kappa shape index (κ1) is 18.4. The summed E-state index contributed by atoms with van der Waals surface area (Å²) < 4.78 is 7.45. The predicted molar refractivity (Wildman–Crippen MR) is 104 cm³/mol. The number of ether oxygens (including phenoxy) is 1. The summed E-state index contributed by atoms with van der Waals surface area (Å²) in [5.41, 5.74) is 0.798. The molecule has 9 heteroatoms. The molecular weight excluding hydrogens is 364 g/mol. The van der Waals surface area contributed by atoms with Crippen molar-refractivity contribution in [2.24, 2.45) is 5.92 Å². The number of aromatic nitrogens is 4. The molecule has 8 nitrogen and oxygen atoms in total. The van der Waals surface area contributed by atoms with Gasteiger partial charge in [-0.15, -0.1) is 21.5 Å². The summed E-state index contributed by atoms with van der Waals surface area (Å²) in [6.45, 7) is 10.6. The minimum absolute atomic E-state index is 0.156. The molecule has 2 aromatic rings. The van der Waals surface area contributed by atoms with E-state index in [1.807, 2.05) is 21.8 Å². The van der Waals surface area contributed by atoms with Crippen LogP contribution in [0.4, 0.5) is 5.13 Å². The molecule has 2 aliphatic heterocycles. The van der Waals surface area contributed by atoms with Crippen molar-refractivity contribution in [2.75, 3.05) is 37.7 Å². The van der Waals surface area contributed by atoms with E-state index in [1.165, 1.54) is 0 Å². The van der Waals surface area contributed by atoms with Crippen molar-refractivity contribution in [1.82, 2.24) is 24.6 Å². The van der Waals surface area contributed by atoms with Crippen LogP contribution in [0.3, 0.4) is 0 Å². The predicted octanol–water partition coefficient (Wildman–Crippen LogP) is 2.19. The van der Waals surface area contributed by atoms with Gasteiger partial charge in [-0.2, -0.15) is 0 Å². The summed E-state index contributed by atoms with van der Waals surface area (Å²) in [7, 11) is 0. The molecule has 0 aliphatic carbocycles. The number of likely N-dealkylation sites (N-methyl/N-ethyl adjacent to an activating group) is 1. The Kier molecular flexibility index (Phi) is 5.14. The second-order valence-electron chi connectivity index (χ2n) is 7.42. The van der Waals surface area contributed by atoms with Gasteiger partial charge >= 0.3 is 0 Å². The van der Waals surface area contributed by atoms with Gasteiger partial charge in [0, 0.05) is 25.0 Å².